The number of sulfone groups is 1. The first-order valence-corrected chi connectivity index (χ1v) is 14.5. The second-order valence-electron chi connectivity index (χ2n) is 8.68. The Morgan fingerprint density at radius 1 is 0.889 bits per heavy atom. The van der Waals surface area contributed by atoms with Gasteiger partial charge in [0.25, 0.3) is 0 Å². The zero-order valence-corrected chi connectivity index (χ0v) is 23.3. The van der Waals surface area contributed by atoms with Crippen molar-refractivity contribution in [1.29, 1.82) is 0 Å². The van der Waals surface area contributed by atoms with E-state index in [-0.39, 0.29) is 21.1 Å². The number of ether oxygens (including phenoxy) is 5. The summed E-state index contributed by atoms with van der Waals surface area (Å²) in [5.74, 6) is 1.93. The molecule has 0 aliphatic carbocycles. The smallest absolute Gasteiger partial charge is 0.203 e. The predicted molar refractivity (Wildman–Crippen MR) is 141 cm³/mol. The summed E-state index contributed by atoms with van der Waals surface area (Å²) in [6, 6.07) is 7.46. The van der Waals surface area contributed by atoms with Crippen molar-refractivity contribution in [2.24, 2.45) is 0 Å². The second kappa shape index (κ2) is 12.3. The van der Waals surface area contributed by atoms with E-state index in [2.05, 4.69) is 0 Å². The topological polar surface area (TPSA) is 101 Å². The van der Waals surface area contributed by atoms with Gasteiger partial charge in [-0.05, 0) is 61.6 Å². The molecule has 3 atom stereocenters. The van der Waals surface area contributed by atoms with Crippen molar-refractivity contribution < 1.29 is 37.2 Å². The van der Waals surface area contributed by atoms with Crippen molar-refractivity contribution in [1.82, 2.24) is 0 Å². The average Bonchev–Trinajstić information content (AvgIpc) is 3.35. The number of aliphatic hydroxyl groups excluding tert-OH is 1. The molecule has 2 aromatic rings. The fourth-order valence-electron chi connectivity index (χ4n) is 4.33. The zero-order valence-electron chi connectivity index (χ0n) is 21.7. The Bertz CT molecular complexity index is 1120. The molecule has 1 heterocycles. The highest BCUT2D eigenvalue weighted by Crippen LogP contribution is 2.55. The highest BCUT2D eigenvalue weighted by atomic mass is 32.2. The third-order valence-electron chi connectivity index (χ3n) is 5.96. The predicted octanol–water partition coefficient (Wildman–Crippen LogP) is 4.97. The normalized spacial score (nSPS) is 18.5. The van der Waals surface area contributed by atoms with E-state index < -0.39 is 21.7 Å². The second-order valence-corrected chi connectivity index (χ2v) is 12.1. The van der Waals surface area contributed by atoms with E-state index in [1.807, 2.05) is 25.1 Å². The maximum Gasteiger partial charge on any atom is 0.203 e. The lowest BCUT2D eigenvalue weighted by molar-refractivity contribution is 0.218. The van der Waals surface area contributed by atoms with Crippen molar-refractivity contribution in [3.8, 4) is 28.7 Å². The molecule has 36 heavy (non-hydrogen) atoms. The quantitative estimate of drug-likeness (QED) is 0.400. The SMILES string of the molecule is CCCOc1c(OC)cc([C@@H]2CC[C@@H](c3cc(OC)c(OC)c(OC)c3)S2)cc1S(=O)(=O)CC(C)O. The van der Waals surface area contributed by atoms with Crippen molar-refractivity contribution in [2.75, 3.05) is 40.8 Å². The van der Waals surface area contributed by atoms with E-state index in [9.17, 15) is 13.5 Å². The van der Waals surface area contributed by atoms with Crippen molar-refractivity contribution >= 4 is 21.6 Å². The molecule has 8 nitrogen and oxygen atoms in total. The lowest BCUT2D eigenvalue weighted by Gasteiger charge is -2.20. The minimum absolute atomic E-state index is 0.0451. The van der Waals surface area contributed by atoms with Gasteiger partial charge >= 0.3 is 0 Å². The fourth-order valence-corrected chi connectivity index (χ4v) is 7.43. The molecule has 0 aromatic heterocycles. The molecule has 0 amide bonds. The first kappa shape index (κ1) is 28.3. The lowest BCUT2D eigenvalue weighted by atomic mass is 10.0. The summed E-state index contributed by atoms with van der Waals surface area (Å²) in [7, 11) is 2.46. The molecule has 1 N–H and O–H groups in total. The number of hydrogen-bond donors (Lipinski definition) is 1. The summed E-state index contributed by atoms with van der Waals surface area (Å²) in [5.41, 5.74) is 1.90. The summed E-state index contributed by atoms with van der Waals surface area (Å²) in [6.07, 6.45) is 1.45. The van der Waals surface area contributed by atoms with E-state index in [1.54, 1.807) is 39.2 Å². The van der Waals surface area contributed by atoms with Gasteiger partial charge in [-0.1, -0.05) is 6.92 Å². The van der Waals surface area contributed by atoms with Gasteiger partial charge in [-0.25, -0.2) is 8.42 Å². The Morgan fingerprint density at radius 3 is 1.83 bits per heavy atom. The molecule has 1 aliphatic heterocycles. The van der Waals surface area contributed by atoms with Crippen LogP contribution in [0.25, 0.3) is 0 Å². The Kier molecular flexibility index (Phi) is 9.66. The number of methoxy groups -OCH3 is 4. The molecule has 0 saturated carbocycles. The number of hydrogen-bond acceptors (Lipinski definition) is 9. The van der Waals surface area contributed by atoms with E-state index in [0.29, 0.717) is 29.6 Å². The molecule has 0 bridgehead atoms. The number of benzene rings is 2. The van der Waals surface area contributed by atoms with Gasteiger partial charge in [0.1, 0.15) is 4.90 Å². The average molecular weight is 541 g/mol. The maximum absolute atomic E-state index is 13.2. The summed E-state index contributed by atoms with van der Waals surface area (Å²) < 4.78 is 54.3. The van der Waals surface area contributed by atoms with Crippen LogP contribution in [0.2, 0.25) is 0 Å². The van der Waals surface area contributed by atoms with Crippen molar-refractivity contribution in [3.05, 3.63) is 35.4 Å². The Balaban J connectivity index is 1.99. The van der Waals surface area contributed by atoms with Crippen LogP contribution in [-0.4, -0.2) is 60.4 Å². The fraction of sp³-hybridized carbons (Fsp3) is 0.538. The summed E-state index contributed by atoms with van der Waals surface area (Å²) in [5, 5.41) is 10.0. The number of rotatable bonds is 12. The van der Waals surface area contributed by atoms with Crippen LogP contribution in [0.3, 0.4) is 0 Å². The van der Waals surface area contributed by atoms with Gasteiger partial charge in [0.2, 0.25) is 5.75 Å². The highest BCUT2D eigenvalue weighted by molar-refractivity contribution is 8.00. The lowest BCUT2D eigenvalue weighted by Crippen LogP contribution is -2.19. The van der Waals surface area contributed by atoms with Gasteiger partial charge in [-0.15, -0.1) is 11.8 Å². The van der Waals surface area contributed by atoms with Gasteiger partial charge in [0.15, 0.2) is 32.8 Å². The van der Waals surface area contributed by atoms with Gasteiger partial charge in [-0.2, -0.15) is 0 Å². The first-order valence-electron chi connectivity index (χ1n) is 11.9. The number of aliphatic hydroxyl groups is 1. The monoisotopic (exact) mass is 540 g/mol. The van der Waals surface area contributed by atoms with Crippen LogP contribution < -0.4 is 23.7 Å². The maximum atomic E-state index is 13.2. The molecular weight excluding hydrogens is 504 g/mol. The molecular formula is C26H36O8S2. The van der Waals surface area contributed by atoms with Crippen LogP contribution in [0.1, 0.15) is 54.7 Å². The molecule has 200 valence electrons. The molecule has 1 aliphatic rings. The molecule has 0 spiro atoms. The van der Waals surface area contributed by atoms with Crippen LogP contribution in [0, 0.1) is 0 Å². The van der Waals surface area contributed by atoms with Gasteiger partial charge in [0.05, 0.1) is 46.9 Å². The van der Waals surface area contributed by atoms with E-state index in [4.69, 9.17) is 23.7 Å². The molecule has 2 aromatic carbocycles. The van der Waals surface area contributed by atoms with Crippen molar-refractivity contribution in [2.45, 2.75) is 54.6 Å². The molecule has 0 radical (unpaired) electrons. The van der Waals surface area contributed by atoms with Crippen LogP contribution in [0.15, 0.2) is 29.2 Å². The standard InChI is InChI=1S/C26H36O8S2/c1-7-10-34-26-21(32-5)13-18(14-24(26)36(28,29)15-16(2)27)23-9-8-22(35-23)17-11-19(30-3)25(33-6)20(12-17)31-4/h11-14,16,22-23,27H,7-10,15H2,1-6H3/t16?,22-,23-/m0/s1. The van der Waals surface area contributed by atoms with E-state index in [0.717, 1.165) is 30.4 Å². The van der Waals surface area contributed by atoms with E-state index >= 15 is 0 Å². The Morgan fingerprint density at radius 2 is 1.39 bits per heavy atom. The third kappa shape index (κ3) is 6.15. The Hall–Kier alpha value is -2.30. The minimum atomic E-state index is -3.81. The number of thioether (sulfide) groups is 1. The molecule has 1 saturated heterocycles. The molecule has 10 heteroatoms. The summed E-state index contributed by atoms with van der Waals surface area (Å²) >= 11 is 1.75. The van der Waals surface area contributed by atoms with E-state index in [1.165, 1.54) is 14.0 Å². The van der Waals surface area contributed by atoms with Crippen LogP contribution in [-0.2, 0) is 9.84 Å². The highest BCUT2D eigenvalue weighted by Gasteiger charge is 2.33. The largest absolute Gasteiger partial charge is 0.493 e. The Labute approximate surface area is 218 Å². The summed E-state index contributed by atoms with van der Waals surface area (Å²) in [6.45, 7) is 3.76. The van der Waals surface area contributed by atoms with Gasteiger partial charge < -0.3 is 28.8 Å². The van der Waals surface area contributed by atoms with Gasteiger partial charge in [0, 0.05) is 10.5 Å². The third-order valence-corrected chi connectivity index (χ3v) is 9.53. The van der Waals surface area contributed by atoms with Gasteiger partial charge in [-0.3, -0.25) is 0 Å². The molecule has 1 unspecified atom stereocenters. The first-order chi connectivity index (χ1) is 17.2. The van der Waals surface area contributed by atoms with Crippen LogP contribution >= 0.6 is 11.8 Å². The molecule has 3 rings (SSSR count). The zero-order chi connectivity index (χ0) is 26.5. The van der Waals surface area contributed by atoms with Crippen LogP contribution in [0.4, 0.5) is 0 Å². The van der Waals surface area contributed by atoms with Crippen molar-refractivity contribution in [3.63, 3.8) is 0 Å². The minimum Gasteiger partial charge on any atom is -0.493 e. The summed E-state index contributed by atoms with van der Waals surface area (Å²) in [4.78, 5) is 0.0584. The van der Waals surface area contributed by atoms with Crippen LogP contribution in [0.5, 0.6) is 28.7 Å². The molecule has 1 fully saturated rings.